The Bertz CT molecular complexity index is 1660. The maximum atomic E-state index is 12.8. The molecule has 0 aliphatic heterocycles. The molecular weight excluding hydrogens is 506 g/mol. The van der Waals surface area contributed by atoms with Crippen molar-refractivity contribution in [2.75, 3.05) is 7.11 Å². The number of non-ortho nitro benzene ring substituents is 1. The minimum Gasteiger partial charge on any atom is -0.493 e. The van der Waals surface area contributed by atoms with E-state index in [0.717, 1.165) is 28.6 Å². The zero-order valence-corrected chi connectivity index (χ0v) is 20.9. The highest BCUT2D eigenvalue weighted by atomic mass is 32.2. The van der Waals surface area contributed by atoms with E-state index < -0.39 is 15.0 Å². The Labute approximate surface area is 218 Å². The molecule has 5 rings (SSSR count). The minimum absolute atomic E-state index is 0.0686. The maximum absolute atomic E-state index is 12.8. The van der Waals surface area contributed by atoms with Gasteiger partial charge in [0.1, 0.15) is 10.7 Å². The lowest BCUT2D eigenvalue weighted by atomic mass is 10.1. The van der Waals surface area contributed by atoms with Crippen molar-refractivity contribution in [2.24, 2.45) is 0 Å². The van der Waals surface area contributed by atoms with E-state index in [4.69, 9.17) is 13.9 Å². The number of imidazole rings is 1. The van der Waals surface area contributed by atoms with E-state index in [2.05, 4.69) is 4.98 Å². The molecule has 190 valence electrons. The van der Waals surface area contributed by atoms with Crippen molar-refractivity contribution in [2.45, 2.75) is 4.90 Å². The van der Waals surface area contributed by atoms with Gasteiger partial charge in [0.05, 0.1) is 23.4 Å². The van der Waals surface area contributed by atoms with Crippen LogP contribution in [0.25, 0.3) is 33.9 Å². The van der Waals surface area contributed by atoms with Gasteiger partial charge in [-0.05, 0) is 24.3 Å². The fourth-order valence-corrected chi connectivity index (χ4v) is 4.91. The van der Waals surface area contributed by atoms with Gasteiger partial charge in [-0.2, -0.15) is 8.42 Å². The average molecular weight is 528 g/mol. The lowest BCUT2D eigenvalue weighted by Crippen LogP contribution is -2.10. The van der Waals surface area contributed by atoms with Crippen LogP contribution >= 0.6 is 0 Å². The number of aromatic nitrogens is 2. The van der Waals surface area contributed by atoms with Crippen LogP contribution in [0.3, 0.4) is 0 Å². The molecule has 0 unspecified atom stereocenters. The predicted molar refractivity (Wildman–Crippen MR) is 142 cm³/mol. The molecule has 0 amide bonds. The first-order valence-electron chi connectivity index (χ1n) is 11.4. The van der Waals surface area contributed by atoms with Gasteiger partial charge in [0.2, 0.25) is 0 Å². The monoisotopic (exact) mass is 527 g/mol. The normalized spacial score (nSPS) is 11.2. The van der Waals surface area contributed by atoms with Gasteiger partial charge in [0.25, 0.3) is 5.69 Å². The number of nitro groups is 1. The summed E-state index contributed by atoms with van der Waals surface area (Å²) >= 11 is 0. The maximum Gasteiger partial charge on any atom is 0.339 e. The number of hydrogen-bond acceptors (Lipinski definition) is 7. The number of nitrogens with one attached hydrogen (secondary N) is 1. The molecule has 0 aliphatic rings. The van der Waals surface area contributed by atoms with Gasteiger partial charge in [-0.25, -0.2) is 4.98 Å². The summed E-state index contributed by atoms with van der Waals surface area (Å²) < 4.78 is 36.4. The zero-order valence-electron chi connectivity index (χ0n) is 20.1. The molecule has 1 aromatic heterocycles. The summed E-state index contributed by atoms with van der Waals surface area (Å²) in [5.41, 5.74) is 3.77. The van der Waals surface area contributed by atoms with Gasteiger partial charge in [-0.15, -0.1) is 0 Å². The summed E-state index contributed by atoms with van der Waals surface area (Å²) in [4.78, 5) is 18.3. The highest BCUT2D eigenvalue weighted by Crippen LogP contribution is 2.37. The van der Waals surface area contributed by atoms with Crippen LogP contribution < -0.4 is 8.92 Å². The standard InChI is InChI=1S/C28H21N3O6S/c1-36-25-17-21(15-16-24(25)37-38(34,35)23-14-8-13-22(18-23)31(32)33)28-29-26(19-9-4-2-5-10-19)27(30-28)20-11-6-3-7-12-20/h2-18H,1H3,(H,29,30). The molecular formula is C28H21N3O6S. The number of rotatable bonds is 8. The van der Waals surface area contributed by atoms with Crippen molar-refractivity contribution >= 4 is 15.8 Å². The first-order chi connectivity index (χ1) is 18.4. The molecule has 0 radical (unpaired) electrons. The van der Waals surface area contributed by atoms with Crippen molar-refractivity contribution < 1.29 is 22.3 Å². The second-order valence-electron chi connectivity index (χ2n) is 8.20. The van der Waals surface area contributed by atoms with Gasteiger partial charge in [0, 0.05) is 28.8 Å². The Morgan fingerprint density at radius 1 is 0.789 bits per heavy atom. The summed E-state index contributed by atoms with van der Waals surface area (Å²) in [6.07, 6.45) is 0. The van der Waals surface area contributed by atoms with E-state index in [1.54, 1.807) is 12.1 Å². The van der Waals surface area contributed by atoms with Gasteiger partial charge in [-0.3, -0.25) is 10.1 Å². The van der Waals surface area contributed by atoms with Crippen LogP contribution in [0.2, 0.25) is 0 Å². The number of H-pyrrole nitrogens is 1. The van der Waals surface area contributed by atoms with Crippen LogP contribution in [0.5, 0.6) is 11.5 Å². The first-order valence-corrected chi connectivity index (χ1v) is 12.8. The van der Waals surface area contributed by atoms with Crippen LogP contribution in [0.4, 0.5) is 5.69 Å². The molecule has 0 bridgehead atoms. The van der Waals surface area contributed by atoms with Gasteiger partial charge in [0.15, 0.2) is 11.5 Å². The molecule has 1 N–H and O–H groups in total. The largest absolute Gasteiger partial charge is 0.493 e. The topological polar surface area (TPSA) is 124 Å². The minimum atomic E-state index is -4.36. The van der Waals surface area contributed by atoms with E-state index in [1.807, 2.05) is 60.7 Å². The molecule has 4 aromatic carbocycles. The highest BCUT2D eigenvalue weighted by molar-refractivity contribution is 7.87. The molecule has 0 saturated carbocycles. The lowest BCUT2D eigenvalue weighted by Gasteiger charge is -2.11. The van der Waals surface area contributed by atoms with Crippen LogP contribution in [0.15, 0.2) is 108 Å². The molecule has 0 saturated heterocycles. The van der Waals surface area contributed by atoms with Crippen LogP contribution in [0, 0.1) is 10.1 Å². The third-order valence-corrected chi connectivity index (χ3v) is 7.00. The molecule has 38 heavy (non-hydrogen) atoms. The molecule has 9 nitrogen and oxygen atoms in total. The Balaban J connectivity index is 1.52. The first kappa shape index (κ1) is 24.7. The average Bonchev–Trinajstić information content (AvgIpc) is 3.40. The number of benzene rings is 4. The molecule has 10 heteroatoms. The fourth-order valence-electron chi connectivity index (χ4n) is 3.93. The summed E-state index contributed by atoms with van der Waals surface area (Å²) in [5, 5.41) is 11.1. The zero-order chi connectivity index (χ0) is 26.7. The third-order valence-electron chi connectivity index (χ3n) is 5.77. The summed E-state index contributed by atoms with van der Waals surface area (Å²) in [5.74, 6) is 0.630. The van der Waals surface area contributed by atoms with E-state index in [-0.39, 0.29) is 22.1 Å². The SMILES string of the molecule is COc1cc(-c2nc(-c3ccccc3)c(-c3ccccc3)[nH]2)ccc1OS(=O)(=O)c1cccc([N+](=O)[O-])c1. The van der Waals surface area contributed by atoms with Gasteiger partial charge >= 0.3 is 10.1 Å². The number of ether oxygens (including phenoxy) is 1. The highest BCUT2D eigenvalue weighted by Gasteiger charge is 2.23. The fraction of sp³-hybridized carbons (Fsp3) is 0.0357. The van der Waals surface area contributed by atoms with E-state index >= 15 is 0 Å². The van der Waals surface area contributed by atoms with E-state index in [9.17, 15) is 18.5 Å². The predicted octanol–water partition coefficient (Wildman–Crippen LogP) is 6.10. The van der Waals surface area contributed by atoms with Crippen LogP contribution in [-0.4, -0.2) is 30.4 Å². The number of nitro benzene ring substituents is 1. The van der Waals surface area contributed by atoms with E-state index in [1.165, 1.54) is 31.4 Å². The molecule has 1 heterocycles. The van der Waals surface area contributed by atoms with Crippen molar-refractivity contribution in [3.8, 4) is 45.4 Å². The summed E-state index contributed by atoms with van der Waals surface area (Å²) in [7, 11) is -2.97. The Hall–Kier alpha value is -4.96. The second kappa shape index (κ2) is 10.2. The van der Waals surface area contributed by atoms with Gasteiger partial charge in [-0.1, -0.05) is 66.7 Å². The summed E-state index contributed by atoms with van der Waals surface area (Å²) in [6.45, 7) is 0. The van der Waals surface area contributed by atoms with Crippen molar-refractivity contribution in [3.63, 3.8) is 0 Å². The molecule has 5 aromatic rings. The van der Waals surface area contributed by atoms with Crippen molar-refractivity contribution in [3.05, 3.63) is 113 Å². The third kappa shape index (κ3) is 4.97. The molecule has 0 atom stereocenters. The van der Waals surface area contributed by atoms with Crippen LogP contribution in [-0.2, 0) is 10.1 Å². The van der Waals surface area contributed by atoms with Crippen molar-refractivity contribution in [1.82, 2.24) is 9.97 Å². The Kier molecular flexibility index (Phi) is 6.63. The van der Waals surface area contributed by atoms with Crippen molar-refractivity contribution in [1.29, 1.82) is 0 Å². The smallest absolute Gasteiger partial charge is 0.339 e. The lowest BCUT2D eigenvalue weighted by molar-refractivity contribution is -0.385. The summed E-state index contributed by atoms with van der Waals surface area (Å²) in [6, 6.07) is 28.9. The number of methoxy groups -OCH3 is 1. The second-order valence-corrected chi connectivity index (χ2v) is 9.74. The number of aromatic amines is 1. The molecule has 0 fully saturated rings. The Morgan fingerprint density at radius 3 is 2.13 bits per heavy atom. The quantitative estimate of drug-likeness (QED) is 0.147. The van der Waals surface area contributed by atoms with Gasteiger partial charge < -0.3 is 13.9 Å². The molecule has 0 spiro atoms. The molecule has 0 aliphatic carbocycles. The number of nitrogens with zero attached hydrogens (tertiary/aromatic N) is 2. The van der Waals surface area contributed by atoms with E-state index in [0.29, 0.717) is 11.4 Å². The number of hydrogen-bond donors (Lipinski definition) is 1. The Morgan fingerprint density at radius 2 is 1.47 bits per heavy atom. The van der Waals surface area contributed by atoms with Crippen LogP contribution in [0.1, 0.15) is 0 Å².